The third-order valence-electron chi connectivity index (χ3n) is 5.67. The Morgan fingerprint density at radius 2 is 1.85 bits per heavy atom. The quantitative estimate of drug-likeness (QED) is 0.799. The molecule has 2 saturated carbocycles. The minimum Gasteiger partial charge on any atom is -0.462 e. The maximum atomic E-state index is 12.3. The van der Waals surface area contributed by atoms with Crippen molar-refractivity contribution < 1.29 is 9.53 Å². The van der Waals surface area contributed by atoms with Crippen molar-refractivity contribution in [2.45, 2.75) is 83.3 Å². The van der Waals surface area contributed by atoms with Crippen LogP contribution in [0.4, 0.5) is 0 Å². The SMILES string of the molecule is CNC1(CC(=O)OC2CCC(C)C(C)C2)CCCCC1. The summed E-state index contributed by atoms with van der Waals surface area (Å²) in [4.78, 5) is 12.3. The summed E-state index contributed by atoms with van der Waals surface area (Å²) < 4.78 is 5.76. The molecule has 0 spiro atoms. The molecular formula is C17H31NO2. The second kappa shape index (κ2) is 6.93. The van der Waals surface area contributed by atoms with Gasteiger partial charge < -0.3 is 10.1 Å². The molecular weight excluding hydrogens is 250 g/mol. The molecule has 3 nitrogen and oxygen atoms in total. The van der Waals surface area contributed by atoms with E-state index in [1.807, 2.05) is 7.05 Å². The summed E-state index contributed by atoms with van der Waals surface area (Å²) >= 11 is 0. The Morgan fingerprint density at radius 1 is 1.15 bits per heavy atom. The standard InChI is InChI=1S/C17H31NO2/c1-13-7-8-15(11-14(13)2)20-16(19)12-17(18-3)9-5-4-6-10-17/h13-15,18H,4-12H2,1-3H3. The van der Waals surface area contributed by atoms with Crippen LogP contribution in [0.15, 0.2) is 0 Å². The number of rotatable bonds is 4. The van der Waals surface area contributed by atoms with Gasteiger partial charge in [-0.2, -0.15) is 0 Å². The van der Waals surface area contributed by atoms with Gasteiger partial charge in [0.05, 0.1) is 6.42 Å². The normalized spacial score (nSPS) is 33.6. The van der Waals surface area contributed by atoms with Gasteiger partial charge in [0.1, 0.15) is 6.10 Å². The van der Waals surface area contributed by atoms with Crippen molar-refractivity contribution in [3.8, 4) is 0 Å². The van der Waals surface area contributed by atoms with E-state index in [4.69, 9.17) is 4.74 Å². The zero-order valence-electron chi connectivity index (χ0n) is 13.4. The minimum atomic E-state index is 0.00288. The Balaban J connectivity index is 1.82. The van der Waals surface area contributed by atoms with Gasteiger partial charge in [-0.1, -0.05) is 33.1 Å². The molecule has 0 heterocycles. The molecule has 20 heavy (non-hydrogen) atoms. The summed E-state index contributed by atoms with van der Waals surface area (Å²) in [7, 11) is 1.99. The molecule has 0 aromatic heterocycles. The third-order valence-corrected chi connectivity index (χ3v) is 5.67. The number of ether oxygens (including phenoxy) is 1. The summed E-state index contributed by atoms with van der Waals surface area (Å²) in [6.45, 7) is 4.58. The number of esters is 1. The van der Waals surface area contributed by atoms with Crippen molar-refractivity contribution in [2.75, 3.05) is 7.05 Å². The smallest absolute Gasteiger partial charge is 0.307 e. The number of hydrogen-bond acceptors (Lipinski definition) is 3. The monoisotopic (exact) mass is 281 g/mol. The largest absolute Gasteiger partial charge is 0.462 e. The summed E-state index contributed by atoms with van der Waals surface area (Å²) in [6, 6.07) is 0. The zero-order valence-corrected chi connectivity index (χ0v) is 13.4. The van der Waals surface area contributed by atoms with Gasteiger partial charge in [0, 0.05) is 5.54 Å². The molecule has 0 aromatic carbocycles. The third kappa shape index (κ3) is 3.97. The van der Waals surface area contributed by atoms with Crippen molar-refractivity contribution in [2.24, 2.45) is 11.8 Å². The first kappa shape index (κ1) is 15.8. The Morgan fingerprint density at radius 3 is 2.45 bits per heavy atom. The number of carbonyl (C=O) groups is 1. The van der Waals surface area contributed by atoms with Gasteiger partial charge in [0.2, 0.25) is 0 Å². The maximum absolute atomic E-state index is 12.3. The molecule has 0 saturated heterocycles. The molecule has 2 aliphatic carbocycles. The molecule has 0 aromatic rings. The lowest BCUT2D eigenvalue weighted by Crippen LogP contribution is -2.47. The average Bonchev–Trinajstić information content (AvgIpc) is 2.44. The lowest BCUT2D eigenvalue weighted by Gasteiger charge is -2.37. The number of nitrogens with one attached hydrogen (secondary N) is 1. The highest BCUT2D eigenvalue weighted by molar-refractivity contribution is 5.71. The summed E-state index contributed by atoms with van der Waals surface area (Å²) in [5.74, 6) is 1.45. The average molecular weight is 281 g/mol. The topological polar surface area (TPSA) is 38.3 Å². The first-order valence-corrected chi connectivity index (χ1v) is 8.43. The highest BCUT2D eigenvalue weighted by atomic mass is 16.5. The number of hydrogen-bond donors (Lipinski definition) is 1. The van der Waals surface area contributed by atoms with E-state index in [1.54, 1.807) is 0 Å². The molecule has 3 atom stereocenters. The molecule has 2 rings (SSSR count). The summed E-state index contributed by atoms with van der Waals surface area (Å²) in [5, 5.41) is 3.40. The number of carbonyl (C=O) groups excluding carboxylic acids is 1. The van der Waals surface area contributed by atoms with Crippen molar-refractivity contribution in [3.05, 3.63) is 0 Å². The Hall–Kier alpha value is -0.570. The van der Waals surface area contributed by atoms with E-state index in [9.17, 15) is 4.79 Å². The highest BCUT2D eigenvalue weighted by Crippen LogP contribution is 2.33. The predicted molar refractivity (Wildman–Crippen MR) is 81.6 cm³/mol. The van der Waals surface area contributed by atoms with E-state index in [0.717, 1.165) is 31.6 Å². The van der Waals surface area contributed by atoms with E-state index in [0.29, 0.717) is 12.3 Å². The van der Waals surface area contributed by atoms with E-state index < -0.39 is 0 Å². The molecule has 3 heteroatoms. The molecule has 0 radical (unpaired) electrons. The zero-order chi connectivity index (χ0) is 14.6. The van der Waals surface area contributed by atoms with Gasteiger partial charge in [-0.15, -0.1) is 0 Å². The van der Waals surface area contributed by atoms with Crippen molar-refractivity contribution in [1.82, 2.24) is 5.32 Å². The van der Waals surface area contributed by atoms with Crippen LogP contribution >= 0.6 is 0 Å². The predicted octanol–water partition coefficient (Wildman–Crippen LogP) is 3.67. The van der Waals surface area contributed by atoms with E-state index >= 15 is 0 Å². The molecule has 0 bridgehead atoms. The Kier molecular flexibility index (Phi) is 5.48. The molecule has 2 aliphatic rings. The molecule has 0 aliphatic heterocycles. The molecule has 1 N–H and O–H groups in total. The van der Waals surface area contributed by atoms with Crippen LogP contribution in [0.2, 0.25) is 0 Å². The second-order valence-corrected chi connectivity index (χ2v) is 7.15. The fraction of sp³-hybridized carbons (Fsp3) is 0.941. The van der Waals surface area contributed by atoms with Gasteiger partial charge in [0.25, 0.3) is 0 Å². The van der Waals surface area contributed by atoms with Crippen LogP contribution in [0.5, 0.6) is 0 Å². The van der Waals surface area contributed by atoms with E-state index in [1.165, 1.54) is 25.7 Å². The fourth-order valence-corrected chi connectivity index (χ4v) is 3.85. The van der Waals surface area contributed by atoms with Crippen LogP contribution in [0.1, 0.15) is 71.6 Å². The van der Waals surface area contributed by atoms with Crippen LogP contribution in [0, 0.1) is 11.8 Å². The van der Waals surface area contributed by atoms with Crippen LogP contribution in [-0.4, -0.2) is 24.7 Å². The Labute approximate surface area is 123 Å². The maximum Gasteiger partial charge on any atom is 0.307 e. The lowest BCUT2D eigenvalue weighted by molar-refractivity contribution is -0.154. The van der Waals surface area contributed by atoms with Crippen LogP contribution in [-0.2, 0) is 9.53 Å². The Bertz CT molecular complexity index is 323. The van der Waals surface area contributed by atoms with Crippen LogP contribution in [0.25, 0.3) is 0 Å². The van der Waals surface area contributed by atoms with Crippen molar-refractivity contribution >= 4 is 5.97 Å². The first-order chi connectivity index (χ1) is 9.54. The van der Waals surface area contributed by atoms with Gasteiger partial charge in [-0.25, -0.2) is 0 Å². The molecule has 2 fully saturated rings. The van der Waals surface area contributed by atoms with Gasteiger partial charge in [-0.05, 0) is 51.0 Å². The van der Waals surface area contributed by atoms with Gasteiger partial charge >= 0.3 is 5.97 Å². The highest BCUT2D eigenvalue weighted by Gasteiger charge is 2.34. The fourth-order valence-electron chi connectivity index (χ4n) is 3.85. The van der Waals surface area contributed by atoms with Crippen LogP contribution in [0.3, 0.4) is 0 Å². The first-order valence-electron chi connectivity index (χ1n) is 8.43. The minimum absolute atomic E-state index is 0.00288. The van der Waals surface area contributed by atoms with Gasteiger partial charge in [0.15, 0.2) is 0 Å². The van der Waals surface area contributed by atoms with E-state index in [-0.39, 0.29) is 17.6 Å². The molecule has 0 amide bonds. The van der Waals surface area contributed by atoms with Crippen molar-refractivity contribution in [3.63, 3.8) is 0 Å². The molecule has 116 valence electrons. The second-order valence-electron chi connectivity index (χ2n) is 7.15. The summed E-state index contributed by atoms with van der Waals surface area (Å²) in [5.41, 5.74) is 0.00288. The van der Waals surface area contributed by atoms with Crippen LogP contribution < -0.4 is 5.32 Å². The van der Waals surface area contributed by atoms with E-state index in [2.05, 4.69) is 19.2 Å². The van der Waals surface area contributed by atoms with Crippen molar-refractivity contribution in [1.29, 1.82) is 0 Å². The summed E-state index contributed by atoms with van der Waals surface area (Å²) in [6.07, 6.45) is 9.96. The molecule has 3 unspecified atom stereocenters. The van der Waals surface area contributed by atoms with Gasteiger partial charge in [-0.3, -0.25) is 4.79 Å². The lowest BCUT2D eigenvalue weighted by atomic mass is 9.79.